The Morgan fingerprint density at radius 2 is 1.87 bits per heavy atom. The number of rotatable bonds is 5. The smallest absolute Gasteiger partial charge is 0.282 e. The number of fused-ring (bicyclic) bond motifs is 1. The Labute approximate surface area is 220 Å². The second-order valence-electron chi connectivity index (χ2n) is 10.2. The molecule has 0 radical (unpaired) electrons. The lowest BCUT2D eigenvalue weighted by atomic mass is 9.86. The number of aromatic amines is 1. The SMILES string of the molecule is Cn1cc(-c2[nH]ncc2C(=O)Nc2cc(F)cc(-n3ncc4cc(C(C)(C)C)cc(F)c4c3=O)c2CO)cn1. The lowest BCUT2D eigenvalue weighted by Crippen LogP contribution is -2.24. The van der Waals surface area contributed by atoms with Gasteiger partial charge in [0.05, 0.1) is 53.2 Å². The minimum atomic E-state index is -0.836. The van der Waals surface area contributed by atoms with Crippen LogP contribution in [0.15, 0.2) is 53.8 Å². The molecule has 0 bridgehead atoms. The van der Waals surface area contributed by atoms with Crippen LogP contribution in [0.4, 0.5) is 14.5 Å². The molecule has 0 aliphatic carbocycles. The number of hydrogen-bond acceptors (Lipinski definition) is 6. The maximum Gasteiger partial charge on any atom is 0.282 e. The van der Waals surface area contributed by atoms with E-state index in [9.17, 15) is 19.1 Å². The average Bonchev–Trinajstić information content (AvgIpc) is 3.52. The molecule has 5 rings (SSSR count). The van der Waals surface area contributed by atoms with Crippen LogP contribution < -0.4 is 10.9 Å². The molecule has 2 aromatic carbocycles. The minimum absolute atomic E-state index is 0.0110. The summed E-state index contributed by atoms with van der Waals surface area (Å²) in [4.78, 5) is 26.5. The molecule has 0 unspecified atom stereocenters. The molecule has 0 spiro atoms. The summed E-state index contributed by atoms with van der Waals surface area (Å²) in [5, 5.41) is 27.7. The van der Waals surface area contributed by atoms with Gasteiger partial charge >= 0.3 is 0 Å². The fourth-order valence-electron chi connectivity index (χ4n) is 4.35. The van der Waals surface area contributed by atoms with Gasteiger partial charge in [0.1, 0.15) is 11.6 Å². The lowest BCUT2D eigenvalue weighted by Gasteiger charge is -2.20. The molecule has 0 atom stereocenters. The van der Waals surface area contributed by atoms with E-state index in [-0.39, 0.29) is 33.3 Å². The zero-order valence-electron chi connectivity index (χ0n) is 21.6. The number of aliphatic hydroxyl groups excluding tert-OH is 1. The summed E-state index contributed by atoms with van der Waals surface area (Å²) in [5.41, 5.74) is 0.403. The number of amides is 1. The summed E-state index contributed by atoms with van der Waals surface area (Å²) >= 11 is 0. The number of benzene rings is 2. The normalized spacial score (nSPS) is 11.8. The second kappa shape index (κ2) is 9.55. The number of hydrogen-bond donors (Lipinski definition) is 3. The average molecular weight is 534 g/mol. The van der Waals surface area contributed by atoms with E-state index in [0.717, 1.165) is 16.8 Å². The monoisotopic (exact) mass is 533 g/mol. The predicted octanol–water partition coefficient (Wildman–Crippen LogP) is 3.83. The first-order chi connectivity index (χ1) is 18.5. The van der Waals surface area contributed by atoms with E-state index in [2.05, 4.69) is 25.7 Å². The van der Waals surface area contributed by atoms with Crippen LogP contribution in [0, 0.1) is 11.6 Å². The van der Waals surface area contributed by atoms with Crippen molar-refractivity contribution in [1.29, 1.82) is 0 Å². The van der Waals surface area contributed by atoms with Gasteiger partial charge in [0, 0.05) is 35.8 Å². The van der Waals surface area contributed by atoms with Crippen LogP contribution in [-0.2, 0) is 19.1 Å². The highest BCUT2D eigenvalue weighted by atomic mass is 19.1. The molecule has 3 aromatic heterocycles. The Bertz CT molecular complexity index is 1800. The first-order valence-electron chi connectivity index (χ1n) is 12.0. The van der Waals surface area contributed by atoms with Gasteiger partial charge in [-0.15, -0.1) is 0 Å². The summed E-state index contributed by atoms with van der Waals surface area (Å²) < 4.78 is 32.3. The maximum absolute atomic E-state index is 15.1. The van der Waals surface area contributed by atoms with Crippen molar-refractivity contribution in [3.63, 3.8) is 0 Å². The van der Waals surface area contributed by atoms with Gasteiger partial charge in [0.2, 0.25) is 0 Å². The van der Waals surface area contributed by atoms with Gasteiger partial charge in [-0.2, -0.15) is 20.0 Å². The van der Waals surface area contributed by atoms with Crippen LogP contribution in [0.2, 0.25) is 0 Å². The van der Waals surface area contributed by atoms with Crippen LogP contribution in [-0.4, -0.2) is 40.8 Å². The van der Waals surface area contributed by atoms with Crippen LogP contribution >= 0.6 is 0 Å². The Balaban J connectivity index is 1.59. The first kappa shape index (κ1) is 25.9. The zero-order chi connectivity index (χ0) is 28.1. The Morgan fingerprint density at radius 3 is 2.54 bits per heavy atom. The number of halogens is 2. The van der Waals surface area contributed by atoms with Gasteiger partial charge in [0.15, 0.2) is 0 Å². The maximum atomic E-state index is 15.1. The number of carbonyl (C=O) groups is 1. The molecule has 0 saturated carbocycles. The number of nitrogens with zero attached hydrogens (tertiary/aromatic N) is 5. The third-order valence-electron chi connectivity index (χ3n) is 6.41. The molecule has 3 heterocycles. The van der Waals surface area contributed by atoms with E-state index in [1.54, 1.807) is 30.2 Å². The third kappa shape index (κ3) is 4.70. The minimum Gasteiger partial charge on any atom is -0.392 e. The number of aryl methyl sites for hydroxylation is 1. The molecule has 5 aromatic rings. The Hall–Kier alpha value is -4.71. The van der Waals surface area contributed by atoms with Crippen molar-refractivity contribution in [3.05, 3.63) is 87.7 Å². The number of carbonyl (C=O) groups excluding carboxylic acids is 1. The van der Waals surface area contributed by atoms with Crippen molar-refractivity contribution < 1.29 is 18.7 Å². The number of nitrogens with one attached hydrogen (secondary N) is 2. The number of aromatic nitrogens is 6. The molecule has 1 amide bonds. The standard InChI is InChI=1S/C27H25F2N7O3/c1-27(2,3)16-5-14-9-32-36(26(39)23(14)20(29)6-16)22-8-17(28)7-21(19(22)13-37)33-25(38)18-11-30-34-24(18)15-10-31-35(4)12-15/h5-12,37H,13H2,1-4H3,(H,30,34)(H,33,38). The van der Waals surface area contributed by atoms with E-state index < -0.39 is 29.7 Å². The molecular formula is C27H25F2N7O3. The molecule has 0 saturated heterocycles. The van der Waals surface area contributed by atoms with Gasteiger partial charge in [-0.05, 0) is 29.2 Å². The molecule has 0 fully saturated rings. The van der Waals surface area contributed by atoms with E-state index >= 15 is 4.39 Å². The van der Waals surface area contributed by atoms with Gasteiger partial charge < -0.3 is 10.4 Å². The van der Waals surface area contributed by atoms with E-state index in [4.69, 9.17) is 0 Å². The third-order valence-corrected chi connectivity index (χ3v) is 6.41. The molecule has 12 heteroatoms. The highest BCUT2D eigenvalue weighted by Gasteiger charge is 2.23. The summed E-state index contributed by atoms with van der Waals surface area (Å²) in [6, 6.07) is 4.98. The lowest BCUT2D eigenvalue weighted by molar-refractivity contribution is 0.102. The topological polar surface area (TPSA) is 131 Å². The van der Waals surface area contributed by atoms with Gasteiger partial charge in [0.25, 0.3) is 11.5 Å². The fourth-order valence-corrected chi connectivity index (χ4v) is 4.35. The largest absolute Gasteiger partial charge is 0.392 e. The Kier molecular flexibility index (Phi) is 6.35. The van der Waals surface area contributed by atoms with Crippen molar-refractivity contribution in [2.45, 2.75) is 32.8 Å². The molecule has 10 nitrogen and oxygen atoms in total. The van der Waals surface area contributed by atoms with Crippen molar-refractivity contribution in [2.24, 2.45) is 7.05 Å². The van der Waals surface area contributed by atoms with Crippen LogP contribution in [0.3, 0.4) is 0 Å². The number of H-pyrrole nitrogens is 1. The van der Waals surface area contributed by atoms with E-state index in [1.807, 2.05) is 20.8 Å². The summed E-state index contributed by atoms with van der Waals surface area (Å²) in [6.45, 7) is 5.08. The van der Waals surface area contributed by atoms with Gasteiger partial charge in [-0.3, -0.25) is 19.4 Å². The highest BCUT2D eigenvalue weighted by Crippen LogP contribution is 2.29. The van der Waals surface area contributed by atoms with E-state index in [1.165, 1.54) is 18.5 Å². The van der Waals surface area contributed by atoms with Gasteiger partial charge in [-0.25, -0.2) is 8.78 Å². The molecular weight excluding hydrogens is 508 g/mol. The Morgan fingerprint density at radius 1 is 1.10 bits per heavy atom. The van der Waals surface area contributed by atoms with Crippen molar-refractivity contribution in [3.8, 4) is 16.9 Å². The second-order valence-corrected chi connectivity index (χ2v) is 10.2. The molecule has 0 aliphatic rings. The quantitative estimate of drug-likeness (QED) is 0.315. The highest BCUT2D eigenvalue weighted by molar-refractivity contribution is 6.08. The summed E-state index contributed by atoms with van der Waals surface area (Å²) in [7, 11) is 1.72. The van der Waals surface area contributed by atoms with E-state index in [0.29, 0.717) is 22.2 Å². The van der Waals surface area contributed by atoms with Crippen LogP contribution in [0.25, 0.3) is 27.7 Å². The molecule has 39 heavy (non-hydrogen) atoms. The fraction of sp³-hybridized carbons (Fsp3) is 0.222. The van der Waals surface area contributed by atoms with Crippen LogP contribution in [0.5, 0.6) is 0 Å². The zero-order valence-corrected chi connectivity index (χ0v) is 21.6. The van der Waals surface area contributed by atoms with Crippen molar-refractivity contribution in [2.75, 3.05) is 5.32 Å². The van der Waals surface area contributed by atoms with Crippen LogP contribution in [0.1, 0.15) is 42.3 Å². The predicted molar refractivity (Wildman–Crippen MR) is 141 cm³/mol. The number of aliphatic hydroxyl groups is 1. The molecule has 200 valence electrons. The van der Waals surface area contributed by atoms with Crippen molar-refractivity contribution in [1.82, 2.24) is 29.8 Å². The summed E-state index contributed by atoms with van der Waals surface area (Å²) in [5.74, 6) is -2.19. The van der Waals surface area contributed by atoms with Crippen molar-refractivity contribution >= 4 is 22.4 Å². The molecule has 3 N–H and O–H groups in total. The summed E-state index contributed by atoms with van der Waals surface area (Å²) in [6.07, 6.45) is 5.85. The van der Waals surface area contributed by atoms with Gasteiger partial charge in [-0.1, -0.05) is 20.8 Å². The first-order valence-corrected chi connectivity index (χ1v) is 12.0. The molecule has 0 aliphatic heterocycles. The number of anilines is 1.